The minimum atomic E-state index is 0.678. The Balaban J connectivity index is 2.03. The standard InChI is InChI=1S/C15H16N4/c1-2-16-15-17-11-12-7-6-10-19(14(12)18-15)13-8-4-3-5-9-13/h3-9,11H,2,10H2,1H3,(H,16,17,18). The fourth-order valence-electron chi connectivity index (χ4n) is 2.17. The maximum Gasteiger partial charge on any atom is 0.224 e. The lowest BCUT2D eigenvalue weighted by Gasteiger charge is -2.27. The zero-order valence-corrected chi connectivity index (χ0v) is 10.9. The number of aromatic nitrogens is 2. The number of anilines is 3. The van der Waals surface area contributed by atoms with Gasteiger partial charge in [-0.05, 0) is 19.1 Å². The van der Waals surface area contributed by atoms with Crippen LogP contribution in [0, 0.1) is 0 Å². The van der Waals surface area contributed by atoms with Gasteiger partial charge in [-0.15, -0.1) is 0 Å². The topological polar surface area (TPSA) is 41.1 Å². The van der Waals surface area contributed by atoms with Crippen molar-refractivity contribution in [2.45, 2.75) is 6.92 Å². The van der Waals surface area contributed by atoms with E-state index in [1.807, 2.05) is 31.3 Å². The summed E-state index contributed by atoms with van der Waals surface area (Å²) >= 11 is 0. The van der Waals surface area contributed by atoms with Crippen LogP contribution < -0.4 is 10.2 Å². The summed E-state index contributed by atoms with van der Waals surface area (Å²) in [4.78, 5) is 11.1. The fourth-order valence-corrected chi connectivity index (χ4v) is 2.17. The summed E-state index contributed by atoms with van der Waals surface area (Å²) in [7, 11) is 0. The summed E-state index contributed by atoms with van der Waals surface area (Å²) in [6, 6.07) is 10.3. The van der Waals surface area contributed by atoms with Gasteiger partial charge in [0.2, 0.25) is 5.95 Å². The van der Waals surface area contributed by atoms with E-state index in [1.54, 1.807) is 0 Å². The molecule has 2 aromatic rings. The van der Waals surface area contributed by atoms with Crippen LogP contribution in [-0.4, -0.2) is 23.1 Å². The molecule has 96 valence electrons. The van der Waals surface area contributed by atoms with Crippen molar-refractivity contribution in [3.05, 3.63) is 48.2 Å². The number of hydrogen-bond acceptors (Lipinski definition) is 4. The van der Waals surface area contributed by atoms with Gasteiger partial charge in [0.15, 0.2) is 0 Å². The van der Waals surface area contributed by atoms with Crippen LogP contribution in [0.25, 0.3) is 6.08 Å². The summed E-state index contributed by atoms with van der Waals surface area (Å²) in [6.45, 7) is 3.69. The highest BCUT2D eigenvalue weighted by atomic mass is 15.2. The van der Waals surface area contributed by atoms with E-state index in [2.05, 4.69) is 44.5 Å². The molecule has 0 amide bonds. The first kappa shape index (κ1) is 11.7. The van der Waals surface area contributed by atoms with E-state index in [4.69, 9.17) is 0 Å². The van der Waals surface area contributed by atoms with Crippen molar-refractivity contribution < 1.29 is 0 Å². The average Bonchev–Trinajstić information content (AvgIpc) is 2.48. The summed E-state index contributed by atoms with van der Waals surface area (Å²) in [5.74, 6) is 1.64. The normalized spacial score (nSPS) is 13.2. The third-order valence-electron chi connectivity index (χ3n) is 3.04. The summed E-state index contributed by atoms with van der Waals surface area (Å²) in [5.41, 5.74) is 2.20. The molecule has 2 heterocycles. The van der Waals surface area contributed by atoms with E-state index in [1.165, 1.54) is 0 Å². The van der Waals surface area contributed by atoms with Crippen molar-refractivity contribution >= 4 is 23.5 Å². The molecule has 1 aliphatic rings. The maximum absolute atomic E-state index is 4.61. The molecule has 0 spiro atoms. The van der Waals surface area contributed by atoms with Crippen LogP contribution in [0.3, 0.4) is 0 Å². The second-order valence-electron chi connectivity index (χ2n) is 4.35. The van der Waals surface area contributed by atoms with Crippen LogP contribution in [-0.2, 0) is 0 Å². The maximum atomic E-state index is 4.61. The molecule has 0 bridgehead atoms. The predicted molar refractivity (Wildman–Crippen MR) is 78.7 cm³/mol. The van der Waals surface area contributed by atoms with Crippen molar-refractivity contribution in [2.75, 3.05) is 23.3 Å². The Hall–Kier alpha value is -2.36. The molecule has 4 nitrogen and oxygen atoms in total. The molecule has 1 aromatic carbocycles. The molecule has 4 heteroatoms. The van der Waals surface area contributed by atoms with Gasteiger partial charge in [-0.3, -0.25) is 0 Å². The fraction of sp³-hybridized carbons (Fsp3) is 0.200. The predicted octanol–water partition coefficient (Wildman–Crippen LogP) is 3.07. The third-order valence-corrected chi connectivity index (χ3v) is 3.04. The van der Waals surface area contributed by atoms with E-state index in [0.717, 1.165) is 30.2 Å². The van der Waals surface area contributed by atoms with Crippen molar-refractivity contribution in [2.24, 2.45) is 0 Å². The largest absolute Gasteiger partial charge is 0.354 e. The molecule has 1 aliphatic heterocycles. The highest BCUT2D eigenvalue weighted by Crippen LogP contribution is 2.30. The van der Waals surface area contributed by atoms with Gasteiger partial charge in [-0.1, -0.05) is 30.4 Å². The van der Waals surface area contributed by atoms with Crippen LogP contribution in [0.5, 0.6) is 0 Å². The smallest absolute Gasteiger partial charge is 0.224 e. The lowest BCUT2D eigenvalue weighted by atomic mass is 10.1. The number of para-hydroxylation sites is 1. The molecule has 0 aliphatic carbocycles. The SMILES string of the molecule is CCNc1ncc2c(n1)N(c1ccccc1)CC=C2. The van der Waals surface area contributed by atoms with Crippen LogP contribution in [0.4, 0.5) is 17.5 Å². The van der Waals surface area contributed by atoms with Crippen molar-refractivity contribution in [3.8, 4) is 0 Å². The second kappa shape index (κ2) is 5.10. The molecule has 3 rings (SSSR count). The summed E-state index contributed by atoms with van der Waals surface area (Å²) in [5, 5.41) is 3.16. The Morgan fingerprint density at radius 2 is 2.11 bits per heavy atom. The molecule has 1 aromatic heterocycles. The zero-order valence-electron chi connectivity index (χ0n) is 10.9. The van der Waals surface area contributed by atoms with Gasteiger partial charge < -0.3 is 10.2 Å². The molecule has 0 fully saturated rings. The average molecular weight is 252 g/mol. The van der Waals surface area contributed by atoms with E-state index in [-0.39, 0.29) is 0 Å². The summed E-state index contributed by atoms with van der Waals surface area (Å²) < 4.78 is 0. The van der Waals surface area contributed by atoms with Gasteiger partial charge in [-0.2, -0.15) is 4.98 Å². The number of nitrogens with one attached hydrogen (secondary N) is 1. The van der Waals surface area contributed by atoms with E-state index >= 15 is 0 Å². The number of benzene rings is 1. The van der Waals surface area contributed by atoms with Gasteiger partial charge in [0.1, 0.15) is 5.82 Å². The Kier molecular flexibility index (Phi) is 3.14. The van der Waals surface area contributed by atoms with Crippen LogP contribution in [0.1, 0.15) is 12.5 Å². The van der Waals surface area contributed by atoms with Gasteiger partial charge in [-0.25, -0.2) is 4.98 Å². The molecule has 0 radical (unpaired) electrons. The van der Waals surface area contributed by atoms with Crippen LogP contribution >= 0.6 is 0 Å². The minimum Gasteiger partial charge on any atom is -0.354 e. The number of hydrogen-bond donors (Lipinski definition) is 1. The second-order valence-corrected chi connectivity index (χ2v) is 4.35. The highest BCUT2D eigenvalue weighted by Gasteiger charge is 2.17. The quantitative estimate of drug-likeness (QED) is 0.911. The minimum absolute atomic E-state index is 0.678. The highest BCUT2D eigenvalue weighted by molar-refractivity contribution is 5.74. The van der Waals surface area contributed by atoms with E-state index in [9.17, 15) is 0 Å². The van der Waals surface area contributed by atoms with Gasteiger partial charge in [0, 0.05) is 30.5 Å². The van der Waals surface area contributed by atoms with Crippen molar-refractivity contribution in [1.82, 2.24) is 9.97 Å². The van der Waals surface area contributed by atoms with Crippen molar-refractivity contribution in [1.29, 1.82) is 0 Å². The number of fused-ring (bicyclic) bond motifs is 1. The molecule has 0 saturated heterocycles. The van der Waals surface area contributed by atoms with Crippen LogP contribution in [0.2, 0.25) is 0 Å². The van der Waals surface area contributed by atoms with Gasteiger partial charge in [0.25, 0.3) is 0 Å². The zero-order chi connectivity index (χ0) is 13.1. The Bertz CT molecular complexity index is 592. The third kappa shape index (κ3) is 2.29. The number of rotatable bonds is 3. The summed E-state index contributed by atoms with van der Waals surface area (Å²) in [6.07, 6.45) is 6.07. The van der Waals surface area contributed by atoms with E-state index in [0.29, 0.717) is 5.95 Å². The van der Waals surface area contributed by atoms with E-state index < -0.39 is 0 Å². The Labute approximate surface area is 112 Å². The molecular formula is C15H16N4. The molecular weight excluding hydrogens is 236 g/mol. The lowest BCUT2D eigenvalue weighted by molar-refractivity contribution is 0.995. The molecule has 19 heavy (non-hydrogen) atoms. The molecule has 0 saturated carbocycles. The Morgan fingerprint density at radius 1 is 1.26 bits per heavy atom. The number of nitrogens with zero attached hydrogens (tertiary/aromatic N) is 3. The van der Waals surface area contributed by atoms with Gasteiger partial charge >= 0.3 is 0 Å². The van der Waals surface area contributed by atoms with Gasteiger partial charge in [0.05, 0.1) is 0 Å². The monoisotopic (exact) mass is 252 g/mol. The molecule has 1 N–H and O–H groups in total. The first-order valence-corrected chi connectivity index (χ1v) is 6.48. The Morgan fingerprint density at radius 3 is 2.89 bits per heavy atom. The lowest BCUT2D eigenvalue weighted by Crippen LogP contribution is -2.22. The first-order valence-electron chi connectivity index (χ1n) is 6.48. The van der Waals surface area contributed by atoms with Crippen LogP contribution in [0.15, 0.2) is 42.6 Å². The molecule has 0 atom stereocenters. The molecule has 0 unspecified atom stereocenters. The first-order chi connectivity index (χ1) is 9.38. The van der Waals surface area contributed by atoms with Crippen molar-refractivity contribution in [3.63, 3.8) is 0 Å².